The molecule has 5 nitrogen and oxygen atoms in total. The molecule has 1 aromatic heterocycles. The lowest BCUT2D eigenvalue weighted by Gasteiger charge is -2.01. The second-order valence-corrected chi connectivity index (χ2v) is 5.66. The molecule has 94 valence electrons. The molecule has 1 aromatic carbocycles. The Labute approximate surface area is 125 Å². The summed E-state index contributed by atoms with van der Waals surface area (Å²) in [5.74, 6) is -0.832. The monoisotopic (exact) mass is 421 g/mol. The Morgan fingerprint density at radius 1 is 1.50 bits per heavy atom. The molecule has 2 aromatic rings. The van der Waals surface area contributed by atoms with Crippen molar-refractivity contribution in [1.82, 2.24) is 15.0 Å². The molecular weight excluding hydrogens is 413 g/mol. The molecule has 0 spiro atoms. The van der Waals surface area contributed by atoms with Crippen LogP contribution in [0, 0.1) is 3.57 Å². The van der Waals surface area contributed by atoms with E-state index >= 15 is 0 Å². The van der Waals surface area contributed by atoms with Gasteiger partial charge in [-0.25, -0.2) is 4.68 Å². The molecule has 1 heterocycles. The number of hydrogen-bond donors (Lipinski definition) is 1. The summed E-state index contributed by atoms with van der Waals surface area (Å²) in [6, 6.07) is 5.85. The van der Waals surface area contributed by atoms with Gasteiger partial charge in [-0.2, -0.15) is 0 Å². The zero-order valence-electron chi connectivity index (χ0n) is 9.18. The van der Waals surface area contributed by atoms with E-state index in [9.17, 15) is 4.79 Å². The number of carboxylic acid groups (broad SMARTS) is 1. The normalized spacial score (nSPS) is 10.6. The van der Waals surface area contributed by atoms with Crippen molar-refractivity contribution in [3.8, 4) is 5.69 Å². The second-order valence-electron chi connectivity index (χ2n) is 3.65. The van der Waals surface area contributed by atoms with Crippen LogP contribution in [0.2, 0.25) is 0 Å². The molecule has 2 rings (SSSR count). The topological polar surface area (TPSA) is 68.0 Å². The van der Waals surface area contributed by atoms with Crippen LogP contribution in [0.5, 0.6) is 0 Å². The van der Waals surface area contributed by atoms with Crippen LogP contribution in [0.4, 0.5) is 0 Å². The predicted octanol–water partition coefficient (Wildman–Crippen LogP) is 2.65. The molecule has 0 amide bonds. The standard InChI is InChI=1S/C11H9BrIN3O2/c12-9-5-8(2-3-10(9)13)16-6-7(14-15-16)1-4-11(17)18/h2-3,5-6H,1,4H2,(H,17,18). The summed E-state index contributed by atoms with van der Waals surface area (Å²) < 4.78 is 3.74. The van der Waals surface area contributed by atoms with Gasteiger partial charge in [0.05, 0.1) is 24.0 Å². The summed E-state index contributed by atoms with van der Waals surface area (Å²) in [6.07, 6.45) is 2.20. The average molecular weight is 422 g/mol. The predicted molar refractivity (Wildman–Crippen MR) is 77.7 cm³/mol. The minimum absolute atomic E-state index is 0.0646. The van der Waals surface area contributed by atoms with Gasteiger partial charge in [-0.05, 0) is 56.7 Å². The van der Waals surface area contributed by atoms with Crippen LogP contribution in [0.15, 0.2) is 28.9 Å². The summed E-state index contributed by atoms with van der Waals surface area (Å²) in [5.41, 5.74) is 1.56. The highest BCUT2D eigenvalue weighted by Gasteiger charge is 2.06. The average Bonchev–Trinajstić information content (AvgIpc) is 2.79. The number of benzene rings is 1. The molecule has 0 unspecified atom stereocenters. The zero-order valence-corrected chi connectivity index (χ0v) is 12.9. The van der Waals surface area contributed by atoms with Gasteiger partial charge in [0.15, 0.2) is 0 Å². The summed E-state index contributed by atoms with van der Waals surface area (Å²) in [4.78, 5) is 10.5. The molecule has 0 aliphatic carbocycles. The van der Waals surface area contributed by atoms with Crippen molar-refractivity contribution in [2.45, 2.75) is 12.8 Å². The van der Waals surface area contributed by atoms with Gasteiger partial charge in [-0.1, -0.05) is 5.21 Å². The fraction of sp³-hybridized carbons (Fsp3) is 0.182. The van der Waals surface area contributed by atoms with Gasteiger partial charge in [0.2, 0.25) is 0 Å². The molecule has 0 aliphatic rings. The molecule has 0 saturated heterocycles. The van der Waals surface area contributed by atoms with Crippen molar-refractivity contribution >= 4 is 44.5 Å². The summed E-state index contributed by atoms with van der Waals surface area (Å²) >= 11 is 5.68. The maximum absolute atomic E-state index is 10.5. The smallest absolute Gasteiger partial charge is 0.303 e. The van der Waals surface area contributed by atoms with Crippen molar-refractivity contribution in [3.05, 3.63) is 38.1 Å². The van der Waals surface area contributed by atoms with E-state index in [0.29, 0.717) is 12.1 Å². The molecule has 1 N–H and O–H groups in total. The number of aromatic nitrogens is 3. The van der Waals surface area contributed by atoms with E-state index < -0.39 is 5.97 Å². The Morgan fingerprint density at radius 2 is 2.28 bits per heavy atom. The van der Waals surface area contributed by atoms with Crippen LogP contribution >= 0.6 is 38.5 Å². The first-order valence-electron chi connectivity index (χ1n) is 5.14. The van der Waals surface area contributed by atoms with Crippen LogP contribution in [0.25, 0.3) is 5.69 Å². The minimum Gasteiger partial charge on any atom is -0.481 e. The van der Waals surface area contributed by atoms with Gasteiger partial charge in [0, 0.05) is 14.5 Å². The lowest BCUT2D eigenvalue weighted by atomic mass is 10.2. The molecule has 0 radical (unpaired) electrons. The fourth-order valence-electron chi connectivity index (χ4n) is 1.40. The Morgan fingerprint density at radius 3 is 2.94 bits per heavy atom. The number of aryl methyl sites for hydroxylation is 1. The first-order chi connectivity index (χ1) is 8.56. The third-order valence-electron chi connectivity index (χ3n) is 2.30. The van der Waals surface area contributed by atoms with Gasteiger partial charge >= 0.3 is 5.97 Å². The molecule has 18 heavy (non-hydrogen) atoms. The van der Waals surface area contributed by atoms with Crippen molar-refractivity contribution in [3.63, 3.8) is 0 Å². The SMILES string of the molecule is O=C(O)CCc1cn(-c2ccc(I)c(Br)c2)nn1. The maximum Gasteiger partial charge on any atom is 0.303 e. The van der Waals surface area contributed by atoms with Gasteiger partial charge in [0.1, 0.15) is 0 Å². The number of rotatable bonds is 4. The Bertz CT molecular complexity index is 585. The summed E-state index contributed by atoms with van der Waals surface area (Å²) in [7, 11) is 0. The van der Waals surface area contributed by atoms with E-state index in [4.69, 9.17) is 5.11 Å². The third-order valence-corrected chi connectivity index (χ3v) is 4.64. The first kappa shape index (κ1) is 13.5. The zero-order chi connectivity index (χ0) is 13.1. The molecule has 0 bridgehead atoms. The number of carboxylic acids is 1. The minimum atomic E-state index is -0.832. The van der Waals surface area contributed by atoms with Crippen LogP contribution in [0.1, 0.15) is 12.1 Å². The van der Waals surface area contributed by atoms with Gasteiger partial charge < -0.3 is 5.11 Å². The number of aliphatic carboxylic acids is 1. The lowest BCUT2D eigenvalue weighted by Crippen LogP contribution is -1.97. The van der Waals surface area contributed by atoms with E-state index in [-0.39, 0.29) is 6.42 Å². The molecule has 0 fully saturated rings. The number of halogens is 2. The highest BCUT2D eigenvalue weighted by Crippen LogP contribution is 2.22. The maximum atomic E-state index is 10.5. The molecule has 7 heteroatoms. The van der Waals surface area contributed by atoms with Crippen molar-refractivity contribution in [2.24, 2.45) is 0 Å². The van der Waals surface area contributed by atoms with Gasteiger partial charge in [-0.15, -0.1) is 5.10 Å². The lowest BCUT2D eigenvalue weighted by molar-refractivity contribution is -0.136. The van der Waals surface area contributed by atoms with E-state index in [1.54, 1.807) is 10.9 Å². The quantitative estimate of drug-likeness (QED) is 0.770. The van der Waals surface area contributed by atoms with E-state index in [0.717, 1.165) is 13.7 Å². The highest BCUT2D eigenvalue weighted by atomic mass is 127. The Balaban J connectivity index is 2.18. The molecule has 0 aliphatic heterocycles. The first-order valence-corrected chi connectivity index (χ1v) is 7.02. The van der Waals surface area contributed by atoms with E-state index in [1.807, 2.05) is 18.2 Å². The number of nitrogens with zero attached hydrogens (tertiary/aromatic N) is 3. The van der Waals surface area contributed by atoms with Crippen LogP contribution in [-0.4, -0.2) is 26.1 Å². The Kier molecular flexibility index (Phi) is 4.33. The Hall–Kier alpha value is -0.960. The second kappa shape index (κ2) is 5.79. The molecule has 0 atom stereocenters. The van der Waals surface area contributed by atoms with Crippen molar-refractivity contribution < 1.29 is 9.90 Å². The van der Waals surface area contributed by atoms with Crippen molar-refractivity contribution in [1.29, 1.82) is 0 Å². The fourth-order valence-corrected chi connectivity index (χ4v) is 2.10. The van der Waals surface area contributed by atoms with Crippen LogP contribution < -0.4 is 0 Å². The number of hydrogen-bond acceptors (Lipinski definition) is 3. The third kappa shape index (κ3) is 3.29. The summed E-state index contributed by atoms with van der Waals surface area (Å²) in [5, 5.41) is 16.5. The van der Waals surface area contributed by atoms with Crippen molar-refractivity contribution in [2.75, 3.05) is 0 Å². The van der Waals surface area contributed by atoms with Crippen LogP contribution in [0.3, 0.4) is 0 Å². The molecular formula is C11H9BrIN3O2. The van der Waals surface area contributed by atoms with Gasteiger partial charge in [0.25, 0.3) is 0 Å². The van der Waals surface area contributed by atoms with E-state index in [1.165, 1.54) is 0 Å². The summed E-state index contributed by atoms with van der Waals surface area (Å²) in [6.45, 7) is 0. The molecule has 0 saturated carbocycles. The van der Waals surface area contributed by atoms with Crippen LogP contribution in [-0.2, 0) is 11.2 Å². The van der Waals surface area contributed by atoms with E-state index in [2.05, 4.69) is 48.8 Å². The highest BCUT2D eigenvalue weighted by molar-refractivity contribution is 14.1. The largest absolute Gasteiger partial charge is 0.481 e. The van der Waals surface area contributed by atoms with Gasteiger partial charge in [-0.3, -0.25) is 4.79 Å². The number of carbonyl (C=O) groups is 1.